The normalized spacial score (nSPS) is 13.2. The fourth-order valence-electron chi connectivity index (χ4n) is 1.62. The standard InChI is InChI=1S/C12H20N2O2S/c1-10(11-5-4-8-17-11)14(9-12(15)16)7-6-13(2)3/h4-5,8,10H,6-7,9H2,1-3H3,(H,15,16). The van der Waals surface area contributed by atoms with Crippen LogP contribution >= 0.6 is 11.3 Å². The van der Waals surface area contributed by atoms with Gasteiger partial charge in [0.25, 0.3) is 0 Å². The van der Waals surface area contributed by atoms with Crippen LogP contribution in [0.4, 0.5) is 0 Å². The molecule has 1 heterocycles. The van der Waals surface area contributed by atoms with Gasteiger partial charge in [0.05, 0.1) is 6.54 Å². The van der Waals surface area contributed by atoms with Crippen LogP contribution < -0.4 is 0 Å². The molecule has 1 aromatic heterocycles. The molecule has 1 atom stereocenters. The highest BCUT2D eigenvalue weighted by Crippen LogP contribution is 2.24. The predicted molar refractivity (Wildman–Crippen MR) is 70.5 cm³/mol. The maximum Gasteiger partial charge on any atom is 0.317 e. The summed E-state index contributed by atoms with van der Waals surface area (Å²) in [6.45, 7) is 3.78. The van der Waals surface area contributed by atoms with Crippen molar-refractivity contribution in [2.75, 3.05) is 33.7 Å². The molecule has 4 nitrogen and oxygen atoms in total. The van der Waals surface area contributed by atoms with Gasteiger partial charge < -0.3 is 10.0 Å². The SMILES string of the molecule is CC(c1cccs1)N(CCN(C)C)CC(=O)O. The van der Waals surface area contributed by atoms with Crippen molar-refractivity contribution in [3.8, 4) is 0 Å². The summed E-state index contributed by atoms with van der Waals surface area (Å²) in [7, 11) is 3.99. The number of rotatable bonds is 7. The van der Waals surface area contributed by atoms with Gasteiger partial charge >= 0.3 is 5.97 Å². The quantitative estimate of drug-likeness (QED) is 0.807. The molecule has 0 aliphatic carbocycles. The van der Waals surface area contributed by atoms with Gasteiger partial charge in [-0.25, -0.2) is 0 Å². The number of carboxylic acids is 1. The second kappa shape index (κ2) is 6.74. The van der Waals surface area contributed by atoms with E-state index in [4.69, 9.17) is 5.11 Å². The third kappa shape index (κ3) is 4.85. The molecule has 1 aromatic rings. The van der Waals surface area contributed by atoms with Crippen LogP contribution in [0.25, 0.3) is 0 Å². The van der Waals surface area contributed by atoms with Crippen LogP contribution in [0.2, 0.25) is 0 Å². The summed E-state index contributed by atoms with van der Waals surface area (Å²) >= 11 is 1.67. The molecular weight excluding hydrogens is 236 g/mol. The van der Waals surface area contributed by atoms with Crippen LogP contribution in [-0.2, 0) is 4.79 Å². The van der Waals surface area contributed by atoms with E-state index in [-0.39, 0.29) is 12.6 Å². The molecule has 0 aromatic carbocycles. The Hall–Kier alpha value is -0.910. The molecule has 0 radical (unpaired) electrons. The number of aliphatic carboxylic acids is 1. The molecule has 0 fully saturated rings. The molecule has 0 saturated heterocycles. The van der Waals surface area contributed by atoms with Crippen molar-refractivity contribution < 1.29 is 9.90 Å². The van der Waals surface area contributed by atoms with Crippen molar-refractivity contribution in [3.63, 3.8) is 0 Å². The van der Waals surface area contributed by atoms with E-state index in [0.717, 1.165) is 13.1 Å². The Morgan fingerprint density at radius 2 is 2.18 bits per heavy atom. The van der Waals surface area contributed by atoms with E-state index in [2.05, 4.69) is 17.9 Å². The zero-order valence-electron chi connectivity index (χ0n) is 10.6. The van der Waals surface area contributed by atoms with Gasteiger partial charge in [0.2, 0.25) is 0 Å². The zero-order chi connectivity index (χ0) is 12.8. The van der Waals surface area contributed by atoms with E-state index in [9.17, 15) is 4.79 Å². The van der Waals surface area contributed by atoms with Gasteiger partial charge in [-0.15, -0.1) is 11.3 Å². The Balaban J connectivity index is 2.64. The fourth-order valence-corrected chi connectivity index (χ4v) is 2.44. The predicted octanol–water partition coefficient (Wildman–Crippen LogP) is 1.76. The first kappa shape index (κ1) is 14.2. The largest absolute Gasteiger partial charge is 0.480 e. The van der Waals surface area contributed by atoms with Crippen molar-refractivity contribution in [1.29, 1.82) is 0 Å². The summed E-state index contributed by atoms with van der Waals surface area (Å²) in [5.41, 5.74) is 0. The van der Waals surface area contributed by atoms with Crippen LogP contribution in [0.1, 0.15) is 17.8 Å². The van der Waals surface area contributed by atoms with Crippen molar-refractivity contribution in [2.24, 2.45) is 0 Å². The lowest BCUT2D eigenvalue weighted by Crippen LogP contribution is -2.37. The number of thiophene rings is 1. The molecule has 5 heteroatoms. The number of hydrogen-bond donors (Lipinski definition) is 1. The first-order valence-corrected chi connectivity index (χ1v) is 6.52. The average molecular weight is 256 g/mol. The first-order valence-electron chi connectivity index (χ1n) is 5.64. The van der Waals surface area contributed by atoms with Crippen molar-refractivity contribution in [3.05, 3.63) is 22.4 Å². The van der Waals surface area contributed by atoms with E-state index in [0.29, 0.717) is 0 Å². The van der Waals surface area contributed by atoms with Crippen molar-refractivity contribution in [2.45, 2.75) is 13.0 Å². The molecule has 1 unspecified atom stereocenters. The Morgan fingerprint density at radius 1 is 1.47 bits per heavy atom. The van der Waals surface area contributed by atoms with Gasteiger partial charge in [-0.1, -0.05) is 6.07 Å². The molecule has 0 spiro atoms. The molecule has 1 N–H and O–H groups in total. The smallest absolute Gasteiger partial charge is 0.317 e. The molecule has 0 amide bonds. The van der Waals surface area contributed by atoms with Gasteiger partial charge in [0, 0.05) is 24.0 Å². The Morgan fingerprint density at radius 3 is 2.65 bits per heavy atom. The van der Waals surface area contributed by atoms with E-state index < -0.39 is 5.97 Å². The summed E-state index contributed by atoms with van der Waals surface area (Å²) in [5.74, 6) is -0.771. The van der Waals surface area contributed by atoms with Crippen LogP contribution in [0, 0.1) is 0 Å². The Kier molecular flexibility index (Phi) is 5.61. The lowest BCUT2D eigenvalue weighted by molar-refractivity contribution is -0.138. The molecule has 0 aliphatic heterocycles. The van der Waals surface area contributed by atoms with Crippen LogP contribution in [0.5, 0.6) is 0 Å². The van der Waals surface area contributed by atoms with Crippen LogP contribution in [0.15, 0.2) is 17.5 Å². The minimum absolute atomic E-state index is 0.0902. The van der Waals surface area contributed by atoms with E-state index in [1.807, 2.05) is 30.4 Å². The third-order valence-corrected chi connectivity index (χ3v) is 3.72. The minimum atomic E-state index is -0.771. The highest BCUT2D eigenvalue weighted by molar-refractivity contribution is 7.10. The van der Waals surface area contributed by atoms with Gasteiger partial charge in [-0.2, -0.15) is 0 Å². The molecule has 0 aliphatic rings. The fraction of sp³-hybridized carbons (Fsp3) is 0.583. The second-order valence-corrected chi connectivity index (χ2v) is 5.34. The molecule has 17 heavy (non-hydrogen) atoms. The molecule has 96 valence electrons. The summed E-state index contributed by atoms with van der Waals surface area (Å²) in [5, 5.41) is 11.0. The summed E-state index contributed by atoms with van der Waals surface area (Å²) in [4.78, 5) is 16.1. The van der Waals surface area contributed by atoms with Gasteiger partial charge in [0.15, 0.2) is 0 Å². The lowest BCUT2D eigenvalue weighted by Gasteiger charge is -2.28. The Bertz CT molecular complexity index is 338. The maximum atomic E-state index is 10.9. The number of likely N-dealkylation sites (N-methyl/N-ethyl adjacent to an activating group) is 1. The second-order valence-electron chi connectivity index (χ2n) is 4.36. The number of carboxylic acid groups (broad SMARTS) is 1. The average Bonchev–Trinajstić information content (AvgIpc) is 2.75. The number of hydrogen-bond acceptors (Lipinski definition) is 4. The molecule has 0 saturated carbocycles. The van der Waals surface area contributed by atoms with E-state index in [1.54, 1.807) is 11.3 Å². The summed E-state index contributed by atoms with van der Waals surface area (Å²) in [6.07, 6.45) is 0. The topological polar surface area (TPSA) is 43.8 Å². The number of nitrogens with zero attached hydrogens (tertiary/aromatic N) is 2. The highest BCUT2D eigenvalue weighted by Gasteiger charge is 2.18. The maximum absolute atomic E-state index is 10.9. The molecular formula is C12H20N2O2S. The van der Waals surface area contributed by atoms with E-state index in [1.165, 1.54) is 4.88 Å². The highest BCUT2D eigenvalue weighted by atomic mass is 32.1. The summed E-state index contributed by atoms with van der Waals surface area (Å²) < 4.78 is 0. The monoisotopic (exact) mass is 256 g/mol. The van der Waals surface area contributed by atoms with Crippen molar-refractivity contribution >= 4 is 17.3 Å². The first-order chi connectivity index (χ1) is 8.00. The lowest BCUT2D eigenvalue weighted by atomic mass is 10.2. The Labute approximate surface area is 106 Å². The van der Waals surface area contributed by atoms with Gasteiger partial charge in [-0.05, 0) is 32.5 Å². The van der Waals surface area contributed by atoms with Gasteiger partial charge in [-0.3, -0.25) is 9.69 Å². The van der Waals surface area contributed by atoms with Crippen LogP contribution in [0.3, 0.4) is 0 Å². The summed E-state index contributed by atoms with van der Waals surface area (Å²) in [6, 6.07) is 4.22. The number of carbonyl (C=O) groups is 1. The van der Waals surface area contributed by atoms with Crippen LogP contribution in [-0.4, -0.2) is 54.6 Å². The van der Waals surface area contributed by atoms with Crippen molar-refractivity contribution in [1.82, 2.24) is 9.80 Å². The molecule has 1 rings (SSSR count). The molecule has 0 bridgehead atoms. The third-order valence-electron chi connectivity index (χ3n) is 2.68. The van der Waals surface area contributed by atoms with E-state index >= 15 is 0 Å². The minimum Gasteiger partial charge on any atom is -0.480 e. The van der Waals surface area contributed by atoms with Gasteiger partial charge in [0.1, 0.15) is 0 Å². The zero-order valence-corrected chi connectivity index (χ0v) is 11.4.